The van der Waals surface area contributed by atoms with Crippen molar-refractivity contribution in [1.29, 1.82) is 0 Å². The molecule has 0 spiro atoms. The van der Waals surface area contributed by atoms with Crippen molar-refractivity contribution >= 4 is 29.4 Å². The van der Waals surface area contributed by atoms with Gasteiger partial charge in [0.05, 0.1) is 12.8 Å². The molecule has 1 saturated heterocycles. The summed E-state index contributed by atoms with van der Waals surface area (Å²) in [5, 5.41) is 3.38. The number of methoxy groups -OCH3 is 1. The third-order valence-electron chi connectivity index (χ3n) is 2.77. The lowest BCUT2D eigenvalue weighted by molar-refractivity contribution is -0.146. The van der Waals surface area contributed by atoms with E-state index in [0.717, 1.165) is 5.56 Å². The van der Waals surface area contributed by atoms with Crippen LogP contribution in [0.1, 0.15) is 5.56 Å². The summed E-state index contributed by atoms with van der Waals surface area (Å²) in [6.07, 6.45) is 1.63. The zero-order valence-electron chi connectivity index (χ0n) is 10.3. The molecule has 4 nitrogen and oxygen atoms in total. The van der Waals surface area contributed by atoms with Gasteiger partial charge in [-0.25, -0.2) is 0 Å². The fourth-order valence-corrected chi connectivity index (χ4v) is 2.06. The van der Waals surface area contributed by atoms with Crippen molar-refractivity contribution in [3.8, 4) is 0 Å². The second-order valence-corrected chi connectivity index (χ2v) is 4.52. The molecular formula is C14H12ClNO3. The first-order valence-corrected chi connectivity index (χ1v) is 5.96. The highest BCUT2D eigenvalue weighted by atomic mass is 35.5. The molecule has 1 aromatic carbocycles. The van der Waals surface area contributed by atoms with Crippen LogP contribution in [0.15, 0.2) is 42.2 Å². The second-order valence-electron chi connectivity index (χ2n) is 4.08. The van der Waals surface area contributed by atoms with Gasteiger partial charge in [-0.05, 0) is 23.8 Å². The average Bonchev–Trinajstić information content (AvgIpc) is 2.64. The van der Waals surface area contributed by atoms with Crippen molar-refractivity contribution in [1.82, 2.24) is 5.32 Å². The maximum absolute atomic E-state index is 12.1. The molecule has 1 aromatic rings. The van der Waals surface area contributed by atoms with E-state index in [9.17, 15) is 9.59 Å². The average molecular weight is 278 g/mol. The number of rotatable bonds is 2. The zero-order valence-corrected chi connectivity index (χ0v) is 11.0. The summed E-state index contributed by atoms with van der Waals surface area (Å²) in [5.41, 5.74) is 1.40. The van der Waals surface area contributed by atoms with Crippen molar-refractivity contribution in [3.05, 3.63) is 52.8 Å². The summed E-state index contributed by atoms with van der Waals surface area (Å²) in [6, 6.07) is 7.05. The van der Waals surface area contributed by atoms with Crippen LogP contribution in [0.3, 0.4) is 0 Å². The highest BCUT2D eigenvalue weighted by Crippen LogP contribution is 2.24. The molecule has 1 aliphatic heterocycles. The lowest BCUT2D eigenvalue weighted by atomic mass is 10.0. The maximum Gasteiger partial charge on any atom is 0.322 e. The number of allylic oxidation sites excluding steroid dienone is 1. The first-order valence-electron chi connectivity index (χ1n) is 5.58. The molecule has 0 bridgehead atoms. The Bertz CT molecular complexity index is 592. The van der Waals surface area contributed by atoms with Gasteiger partial charge >= 0.3 is 5.97 Å². The summed E-state index contributed by atoms with van der Waals surface area (Å²) in [6.45, 7) is 3.66. The minimum absolute atomic E-state index is 0.308. The Hall–Kier alpha value is -2.07. The van der Waals surface area contributed by atoms with Gasteiger partial charge in [0, 0.05) is 10.7 Å². The molecule has 1 aliphatic rings. The molecule has 1 N–H and O–H groups in total. The van der Waals surface area contributed by atoms with E-state index >= 15 is 0 Å². The van der Waals surface area contributed by atoms with E-state index in [2.05, 4.69) is 16.6 Å². The Morgan fingerprint density at radius 1 is 1.53 bits per heavy atom. The molecule has 0 radical (unpaired) electrons. The molecule has 0 aromatic heterocycles. The van der Waals surface area contributed by atoms with Gasteiger partial charge in [0.25, 0.3) is 0 Å². The van der Waals surface area contributed by atoms with Crippen LogP contribution in [0.2, 0.25) is 5.02 Å². The van der Waals surface area contributed by atoms with Gasteiger partial charge in [-0.2, -0.15) is 0 Å². The zero-order chi connectivity index (χ0) is 14.0. The van der Waals surface area contributed by atoms with E-state index in [-0.39, 0.29) is 5.78 Å². The number of Topliss-reactive ketones (excluding diaryl/α,β-unsaturated/α-hetero) is 1. The summed E-state index contributed by atoms with van der Waals surface area (Å²) in [5.74, 6) is -1.94. The molecule has 1 atom stereocenters. The third-order valence-corrected chi connectivity index (χ3v) is 3.00. The Kier molecular flexibility index (Phi) is 3.71. The van der Waals surface area contributed by atoms with Crippen LogP contribution < -0.4 is 5.32 Å². The van der Waals surface area contributed by atoms with Crippen molar-refractivity contribution in [2.24, 2.45) is 5.92 Å². The molecule has 2 rings (SSSR count). The van der Waals surface area contributed by atoms with E-state index in [4.69, 9.17) is 11.6 Å². The van der Waals surface area contributed by atoms with Crippen LogP contribution in [-0.4, -0.2) is 18.9 Å². The first-order chi connectivity index (χ1) is 9.02. The third kappa shape index (κ3) is 2.69. The lowest BCUT2D eigenvalue weighted by Gasteiger charge is -2.03. The number of carbonyl (C=O) groups excluding carboxylic acids is 2. The van der Waals surface area contributed by atoms with E-state index in [1.165, 1.54) is 7.11 Å². The molecule has 1 unspecified atom stereocenters. The number of ketones is 1. The van der Waals surface area contributed by atoms with Gasteiger partial charge in [-0.3, -0.25) is 9.59 Å². The number of esters is 1. The van der Waals surface area contributed by atoms with Crippen LogP contribution in [0, 0.1) is 5.92 Å². The number of ether oxygens (including phenoxy) is 1. The molecule has 1 heterocycles. The normalized spacial score (nSPS) is 20.5. The van der Waals surface area contributed by atoms with Crippen LogP contribution in [0.4, 0.5) is 0 Å². The van der Waals surface area contributed by atoms with Crippen molar-refractivity contribution < 1.29 is 14.3 Å². The van der Waals surface area contributed by atoms with E-state index in [1.807, 2.05) is 6.07 Å². The quantitative estimate of drug-likeness (QED) is 0.511. The summed E-state index contributed by atoms with van der Waals surface area (Å²) >= 11 is 5.87. The highest BCUT2D eigenvalue weighted by Gasteiger charge is 2.38. The minimum atomic E-state index is -0.976. The van der Waals surface area contributed by atoms with Gasteiger partial charge in [0.1, 0.15) is 0 Å². The maximum atomic E-state index is 12.1. The van der Waals surface area contributed by atoms with Crippen molar-refractivity contribution in [2.75, 3.05) is 7.11 Å². The number of nitrogens with one attached hydrogen (secondary N) is 1. The number of hydrogen-bond donors (Lipinski definition) is 1. The molecule has 98 valence electrons. The Morgan fingerprint density at radius 3 is 2.89 bits per heavy atom. The number of halogens is 1. The number of carbonyl (C=O) groups is 2. The van der Waals surface area contributed by atoms with Crippen LogP contribution in [0.25, 0.3) is 6.08 Å². The Balaban J connectivity index is 2.31. The van der Waals surface area contributed by atoms with Gasteiger partial charge in [-0.1, -0.05) is 30.3 Å². The van der Waals surface area contributed by atoms with Crippen LogP contribution >= 0.6 is 11.6 Å². The van der Waals surface area contributed by atoms with Crippen LogP contribution in [0.5, 0.6) is 0 Å². The molecule has 1 fully saturated rings. The van der Waals surface area contributed by atoms with Gasteiger partial charge in [0.2, 0.25) is 0 Å². The lowest BCUT2D eigenvalue weighted by Crippen LogP contribution is -2.21. The SMILES string of the molecule is C=C1NC(=Cc2cccc(Cl)c2)C(=O)C1C(=O)OC. The van der Waals surface area contributed by atoms with Crippen molar-refractivity contribution in [2.45, 2.75) is 0 Å². The minimum Gasteiger partial charge on any atom is -0.468 e. The second kappa shape index (κ2) is 5.28. The number of benzene rings is 1. The number of hydrogen-bond acceptors (Lipinski definition) is 4. The smallest absolute Gasteiger partial charge is 0.322 e. The Labute approximate surface area is 115 Å². The van der Waals surface area contributed by atoms with E-state index in [1.54, 1.807) is 24.3 Å². The van der Waals surface area contributed by atoms with Crippen LogP contribution in [-0.2, 0) is 14.3 Å². The van der Waals surface area contributed by atoms with Gasteiger partial charge in [-0.15, -0.1) is 0 Å². The summed E-state index contributed by atoms with van der Waals surface area (Å²) < 4.78 is 4.58. The van der Waals surface area contributed by atoms with Crippen molar-refractivity contribution in [3.63, 3.8) is 0 Å². The standard InChI is InChI=1S/C14H12ClNO3/c1-8-12(14(18)19-2)13(17)11(16-8)7-9-4-3-5-10(15)6-9/h3-7,12,16H,1H2,2H3. The highest BCUT2D eigenvalue weighted by molar-refractivity contribution is 6.30. The fraction of sp³-hybridized carbons (Fsp3) is 0.143. The fourth-order valence-electron chi connectivity index (χ4n) is 1.86. The predicted octanol–water partition coefficient (Wildman–Crippen LogP) is 2.16. The van der Waals surface area contributed by atoms with E-state index in [0.29, 0.717) is 16.4 Å². The molecule has 19 heavy (non-hydrogen) atoms. The molecule has 0 aliphatic carbocycles. The topological polar surface area (TPSA) is 55.4 Å². The van der Waals surface area contributed by atoms with Gasteiger partial charge in [0.15, 0.2) is 11.7 Å². The predicted molar refractivity (Wildman–Crippen MR) is 72.2 cm³/mol. The summed E-state index contributed by atoms with van der Waals surface area (Å²) in [4.78, 5) is 23.6. The van der Waals surface area contributed by atoms with E-state index < -0.39 is 11.9 Å². The summed E-state index contributed by atoms with van der Waals surface area (Å²) in [7, 11) is 1.24. The molecule has 0 saturated carbocycles. The monoisotopic (exact) mass is 277 g/mol. The first kappa shape index (κ1) is 13.4. The molecule has 0 amide bonds. The van der Waals surface area contributed by atoms with Gasteiger partial charge < -0.3 is 10.1 Å². The largest absolute Gasteiger partial charge is 0.468 e. The molecular weight excluding hydrogens is 266 g/mol. The Morgan fingerprint density at radius 2 is 2.26 bits per heavy atom. The molecule has 5 heteroatoms.